The number of halogens is 4. The van der Waals surface area contributed by atoms with Gasteiger partial charge in [0.15, 0.2) is 11.0 Å². The number of carbonyl (C=O) groups excluding carboxylic acids is 1. The Kier molecular flexibility index (Phi) is 5.82. The summed E-state index contributed by atoms with van der Waals surface area (Å²) in [7, 11) is 0. The predicted octanol–water partition coefficient (Wildman–Crippen LogP) is 6.13. The molecule has 5 nitrogen and oxygen atoms in total. The molecule has 1 aromatic carbocycles. The molecule has 1 N–H and O–H groups in total. The average molecular weight is 473 g/mol. The fourth-order valence-electron chi connectivity index (χ4n) is 2.84. The van der Waals surface area contributed by atoms with Crippen molar-refractivity contribution in [3.63, 3.8) is 0 Å². The van der Waals surface area contributed by atoms with Crippen molar-refractivity contribution in [1.82, 2.24) is 14.8 Å². The highest BCUT2D eigenvalue weighted by Crippen LogP contribution is 2.42. The lowest BCUT2D eigenvalue weighted by atomic mass is 10.2. The Bertz CT molecular complexity index is 1060. The molecule has 2 heterocycles. The standard InChI is InChI=1S/C19H16ClF3N4OS2/c1-10(17(28)24-14-9-11(19(21,22)23)4-7-13(14)20)30-18-26-25-16(15-3-2-8-29-15)27(18)12-5-6-12/h2-4,7-10,12H,5-6H2,1H3,(H,24,28)/t10-/m1/s1. The van der Waals surface area contributed by atoms with E-state index in [1.807, 2.05) is 22.1 Å². The van der Waals surface area contributed by atoms with Crippen LogP contribution in [-0.2, 0) is 11.0 Å². The molecule has 1 aliphatic carbocycles. The van der Waals surface area contributed by atoms with Gasteiger partial charge in [-0.05, 0) is 49.4 Å². The molecule has 1 fully saturated rings. The second kappa shape index (κ2) is 8.24. The molecule has 1 saturated carbocycles. The van der Waals surface area contributed by atoms with E-state index >= 15 is 0 Å². The van der Waals surface area contributed by atoms with Gasteiger partial charge in [0.25, 0.3) is 0 Å². The minimum atomic E-state index is -4.52. The van der Waals surface area contributed by atoms with Crippen LogP contribution in [0, 0.1) is 0 Å². The predicted molar refractivity (Wildman–Crippen MR) is 112 cm³/mol. The van der Waals surface area contributed by atoms with Crippen molar-refractivity contribution in [3.8, 4) is 10.7 Å². The van der Waals surface area contributed by atoms with Crippen molar-refractivity contribution in [2.75, 3.05) is 5.32 Å². The van der Waals surface area contributed by atoms with Crippen molar-refractivity contribution in [2.45, 2.75) is 42.4 Å². The first-order valence-electron chi connectivity index (χ1n) is 9.07. The van der Waals surface area contributed by atoms with Crippen LogP contribution in [0.5, 0.6) is 0 Å². The Morgan fingerprint density at radius 2 is 2.10 bits per heavy atom. The highest BCUT2D eigenvalue weighted by Gasteiger charge is 2.33. The van der Waals surface area contributed by atoms with Gasteiger partial charge in [0, 0.05) is 6.04 Å². The van der Waals surface area contributed by atoms with Crippen LogP contribution < -0.4 is 5.32 Å². The second-order valence-corrected chi connectivity index (χ2v) is 9.49. The van der Waals surface area contributed by atoms with Crippen molar-refractivity contribution < 1.29 is 18.0 Å². The van der Waals surface area contributed by atoms with E-state index in [1.54, 1.807) is 18.3 Å². The van der Waals surface area contributed by atoms with Crippen LogP contribution in [0.4, 0.5) is 18.9 Å². The van der Waals surface area contributed by atoms with E-state index in [0.717, 1.165) is 41.7 Å². The summed E-state index contributed by atoms with van der Waals surface area (Å²) in [4.78, 5) is 13.6. The van der Waals surface area contributed by atoms with Crippen LogP contribution in [0.2, 0.25) is 5.02 Å². The number of alkyl halides is 3. The SMILES string of the molecule is C[C@@H](Sc1nnc(-c2cccs2)n1C1CC1)C(=O)Nc1cc(C(F)(F)F)ccc1Cl. The minimum Gasteiger partial charge on any atom is -0.324 e. The molecule has 158 valence electrons. The molecule has 1 amide bonds. The largest absolute Gasteiger partial charge is 0.416 e. The van der Waals surface area contributed by atoms with Gasteiger partial charge in [0.05, 0.1) is 26.4 Å². The zero-order chi connectivity index (χ0) is 21.5. The summed E-state index contributed by atoms with van der Waals surface area (Å²) in [6.07, 6.45) is -2.49. The van der Waals surface area contributed by atoms with Crippen molar-refractivity contribution in [1.29, 1.82) is 0 Å². The van der Waals surface area contributed by atoms with E-state index in [2.05, 4.69) is 15.5 Å². The summed E-state index contributed by atoms with van der Waals surface area (Å²) in [6.45, 7) is 1.66. The number of hydrogen-bond donors (Lipinski definition) is 1. The van der Waals surface area contributed by atoms with Gasteiger partial charge in [0.1, 0.15) is 0 Å². The normalized spacial score (nSPS) is 15.2. The fourth-order valence-corrected chi connectivity index (χ4v) is 4.63. The zero-order valence-electron chi connectivity index (χ0n) is 15.6. The Morgan fingerprint density at radius 1 is 1.33 bits per heavy atom. The van der Waals surface area contributed by atoms with Gasteiger partial charge >= 0.3 is 6.18 Å². The van der Waals surface area contributed by atoms with Crippen LogP contribution in [-0.4, -0.2) is 25.9 Å². The number of nitrogens with zero attached hydrogens (tertiary/aromatic N) is 3. The lowest BCUT2D eigenvalue weighted by Crippen LogP contribution is -2.23. The minimum absolute atomic E-state index is 0.0367. The van der Waals surface area contributed by atoms with Crippen molar-refractivity contribution in [2.24, 2.45) is 0 Å². The number of amides is 1. The van der Waals surface area contributed by atoms with E-state index in [0.29, 0.717) is 11.2 Å². The van der Waals surface area contributed by atoms with E-state index in [9.17, 15) is 18.0 Å². The maximum absolute atomic E-state index is 13.0. The maximum Gasteiger partial charge on any atom is 0.416 e. The van der Waals surface area contributed by atoms with Gasteiger partial charge in [0.2, 0.25) is 5.91 Å². The first kappa shape index (κ1) is 21.2. The lowest BCUT2D eigenvalue weighted by Gasteiger charge is -2.15. The van der Waals surface area contributed by atoms with E-state index in [4.69, 9.17) is 11.6 Å². The third-order valence-corrected chi connectivity index (χ3v) is 6.77. The Hall–Kier alpha value is -2.04. The fraction of sp³-hybridized carbons (Fsp3) is 0.316. The number of rotatable bonds is 6. The molecule has 0 aliphatic heterocycles. The second-order valence-electron chi connectivity index (χ2n) is 6.83. The van der Waals surface area contributed by atoms with Crippen LogP contribution in [0.15, 0.2) is 40.9 Å². The Labute approximate surface area is 183 Å². The first-order valence-corrected chi connectivity index (χ1v) is 11.2. The highest BCUT2D eigenvalue weighted by molar-refractivity contribution is 8.00. The summed E-state index contributed by atoms with van der Waals surface area (Å²) in [5.74, 6) is 0.299. The molecule has 1 atom stereocenters. The number of aromatic nitrogens is 3. The Balaban J connectivity index is 1.51. The Morgan fingerprint density at radius 3 is 2.73 bits per heavy atom. The number of hydrogen-bond acceptors (Lipinski definition) is 5. The summed E-state index contributed by atoms with van der Waals surface area (Å²) in [6, 6.07) is 7.03. The van der Waals surface area contributed by atoms with Crippen molar-refractivity contribution >= 4 is 46.3 Å². The smallest absolute Gasteiger partial charge is 0.324 e. The summed E-state index contributed by atoms with van der Waals surface area (Å²) in [5, 5.41) is 13.0. The van der Waals surface area contributed by atoms with Gasteiger partial charge < -0.3 is 5.32 Å². The molecule has 2 aromatic heterocycles. The number of anilines is 1. The van der Waals surface area contributed by atoms with Gasteiger partial charge in [-0.15, -0.1) is 21.5 Å². The molecular weight excluding hydrogens is 457 g/mol. The number of nitrogens with one attached hydrogen (secondary N) is 1. The molecule has 0 unspecified atom stereocenters. The highest BCUT2D eigenvalue weighted by atomic mass is 35.5. The molecule has 4 rings (SSSR count). The van der Waals surface area contributed by atoms with Crippen molar-refractivity contribution in [3.05, 3.63) is 46.3 Å². The molecular formula is C19H16ClF3N4OS2. The van der Waals surface area contributed by atoms with Crippen LogP contribution in [0.1, 0.15) is 31.4 Å². The van der Waals surface area contributed by atoms with Gasteiger partial charge in [-0.2, -0.15) is 13.2 Å². The number of thioether (sulfide) groups is 1. The maximum atomic E-state index is 13.0. The molecule has 0 radical (unpaired) electrons. The third-order valence-electron chi connectivity index (χ3n) is 4.52. The molecule has 11 heteroatoms. The monoisotopic (exact) mass is 472 g/mol. The molecule has 1 aliphatic rings. The van der Waals surface area contributed by atoms with E-state index < -0.39 is 22.9 Å². The van der Waals surface area contributed by atoms with Gasteiger partial charge in [-0.1, -0.05) is 29.4 Å². The zero-order valence-corrected chi connectivity index (χ0v) is 18.0. The van der Waals surface area contributed by atoms with E-state index in [-0.39, 0.29) is 10.7 Å². The number of carbonyl (C=O) groups is 1. The molecule has 3 aromatic rings. The van der Waals surface area contributed by atoms with E-state index in [1.165, 1.54) is 11.8 Å². The molecule has 30 heavy (non-hydrogen) atoms. The van der Waals surface area contributed by atoms with Gasteiger partial charge in [-0.25, -0.2) is 0 Å². The number of thiophene rings is 1. The summed E-state index contributed by atoms with van der Waals surface area (Å²) < 4.78 is 40.9. The summed E-state index contributed by atoms with van der Waals surface area (Å²) in [5.41, 5.74) is -0.955. The quantitative estimate of drug-likeness (QED) is 0.438. The number of benzene rings is 1. The third kappa shape index (κ3) is 4.50. The van der Waals surface area contributed by atoms with Crippen LogP contribution in [0.3, 0.4) is 0 Å². The van der Waals surface area contributed by atoms with Crippen LogP contribution >= 0.6 is 34.7 Å². The topological polar surface area (TPSA) is 59.8 Å². The average Bonchev–Trinajstić information content (AvgIpc) is 3.21. The summed E-state index contributed by atoms with van der Waals surface area (Å²) >= 11 is 8.75. The molecule has 0 bridgehead atoms. The van der Waals surface area contributed by atoms with Crippen LogP contribution in [0.25, 0.3) is 10.7 Å². The van der Waals surface area contributed by atoms with Gasteiger partial charge in [-0.3, -0.25) is 9.36 Å². The molecule has 0 spiro atoms. The first-order chi connectivity index (χ1) is 14.2. The lowest BCUT2D eigenvalue weighted by molar-refractivity contribution is -0.137. The molecule has 0 saturated heterocycles.